The third kappa shape index (κ3) is 5.24. The van der Waals surface area contributed by atoms with E-state index < -0.39 is 0 Å². The first-order valence-electron chi connectivity index (χ1n) is 8.61. The molecule has 0 spiro atoms. The summed E-state index contributed by atoms with van der Waals surface area (Å²) in [5.41, 5.74) is 3.50. The van der Waals surface area contributed by atoms with Crippen LogP contribution < -0.4 is 5.32 Å². The summed E-state index contributed by atoms with van der Waals surface area (Å²) in [7, 11) is 1.81. The minimum absolute atomic E-state index is 0.0303. The second kappa shape index (κ2) is 8.60. The molecule has 0 atom stereocenters. The maximum atomic E-state index is 12.5. The number of carbonyl (C=O) groups excluding carboxylic acids is 2. The van der Waals surface area contributed by atoms with E-state index in [0.29, 0.717) is 6.54 Å². The summed E-state index contributed by atoms with van der Waals surface area (Å²) < 4.78 is 0. The van der Waals surface area contributed by atoms with Gasteiger partial charge in [-0.1, -0.05) is 42.5 Å². The van der Waals surface area contributed by atoms with Crippen LogP contribution in [-0.2, 0) is 22.6 Å². The second-order valence-corrected chi connectivity index (χ2v) is 7.18. The van der Waals surface area contributed by atoms with Gasteiger partial charge in [-0.25, -0.2) is 4.98 Å². The molecule has 5 nitrogen and oxygen atoms in total. The van der Waals surface area contributed by atoms with Gasteiger partial charge in [0.1, 0.15) is 5.01 Å². The van der Waals surface area contributed by atoms with Gasteiger partial charge >= 0.3 is 0 Å². The van der Waals surface area contributed by atoms with Crippen molar-refractivity contribution in [3.8, 4) is 10.6 Å². The van der Waals surface area contributed by atoms with E-state index in [1.165, 1.54) is 18.3 Å². The number of likely N-dealkylation sites (N-methyl/N-ethyl adjacent to an activating group) is 1. The molecule has 0 bridgehead atoms. The Bertz CT molecular complexity index is 937. The van der Waals surface area contributed by atoms with Crippen molar-refractivity contribution in [3.63, 3.8) is 0 Å². The molecule has 0 radical (unpaired) electrons. The normalized spacial score (nSPS) is 10.4. The third-order valence-electron chi connectivity index (χ3n) is 4.00. The first-order valence-corrected chi connectivity index (χ1v) is 9.49. The first-order chi connectivity index (χ1) is 13.0. The van der Waals surface area contributed by atoms with Crippen molar-refractivity contribution >= 4 is 28.8 Å². The molecule has 1 heterocycles. The first kappa shape index (κ1) is 18.8. The minimum atomic E-state index is -0.112. The van der Waals surface area contributed by atoms with Gasteiger partial charge in [-0.2, -0.15) is 0 Å². The average molecular weight is 379 g/mol. The van der Waals surface area contributed by atoms with Crippen molar-refractivity contribution < 1.29 is 9.59 Å². The average Bonchev–Trinajstić information content (AvgIpc) is 3.11. The molecule has 0 saturated carbocycles. The van der Waals surface area contributed by atoms with Crippen molar-refractivity contribution in [2.75, 3.05) is 12.4 Å². The Balaban J connectivity index is 1.65. The van der Waals surface area contributed by atoms with Crippen molar-refractivity contribution in [3.05, 3.63) is 71.2 Å². The van der Waals surface area contributed by atoms with E-state index in [1.54, 1.807) is 11.9 Å². The lowest BCUT2D eigenvalue weighted by Gasteiger charge is -2.16. The summed E-state index contributed by atoms with van der Waals surface area (Å²) in [6.45, 7) is 2.06. The molecule has 0 aliphatic heterocycles. The maximum Gasteiger partial charge on any atom is 0.228 e. The highest BCUT2D eigenvalue weighted by Gasteiger charge is 2.13. The van der Waals surface area contributed by atoms with Crippen LogP contribution in [0.15, 0.2) is 60.0 Å². The molecule has 138 valence electrons. The van der Waals surface area contributed by atoms with Crippen LogP contribution in [0.3, 0.4) is 0 Å². The number of nitrogens with one attached hydrogen (secondary N) is 1. The van der Waals surface area contributed by atoms with E-state index in [4.69, 9.17) is 0 Å². The Hall–Kier alpha value is -2.99. The molecule has 0 fully saturated rings. The van der Waals surface area contributed by atoms with Crippen molar-refractivity contribution in [1.82, 2.24) is 9.88 Å². The standard InChI is InChI=1S/C21H21N3O2S/c1-15(25)22-18-10-6-9-17(11-18)21-23-19(14-27-21)12-20(26)24(2)13-16-7-4-3-5-8-16/h3-11,14H,12-13H2,1-2H3,(H,22,25). The fraction of sp³-hybridized carbons (Fsp3) is 0.190. The van der Waals surface area contributed by atoms with Crippen LogP contribution in [0.25, 0.3) is 10.6 Å². The summed E-state index contributed by atoms with van der Waals surface area (Å²) in [6, 6.07) is 17.4. The number of anilines is 1. The Morgan fingerprint density at radius 1 is 1.11 bits per heavy atom. The summed E-state index contributed by atoms with van der Waals surface area (Å²) >= 11 is 1.49. The van der Waals surface area contributed by atoms with Crippen LogP contribution in [-0.4, -0.2) is 28.7 Å². The summed E-state index contributed by atoms with van der Waals surface area (Å²) in [6.07, 6.45) is 0.269. The van der Waals surface area contributed by atoms with Crippen molar-refractivity contribution in [2.24, 2.45) is 0 Å². The van der Waals surface area contributed by atoms with E-state index >= 15 is 0 Å². The molecule has 0 saturated heterocycles. The van der Waals surface area contributed by atoms with Crippen LogP contribution in [0.2, 0.25) is 0 Å². The Labute approximate surface area is 162 Å². The Morgan fingerprint density at radius 3 is 2.63 bits per heavy atom. The van der Waals surface area contributed by atoms with E-state index in [-0.39, 0.29) is 18.2 Å². The summed E-state index contributed by atoms with van der Waals surface area (Å²) in [5.74, 6) is -0.0817. The lowest BCUT2D eigenvalue weighted by molar-refractivity contribution is -0.129. The molecule has 0 aliphatic rings. The van der Waals surface area contributed by atoms with Gasteiger partial charge in [0.05, 0.1) is 12.1 Å². The highest BCUT2D eigenvalue weighted by molar-refractivity contribution is 7.13. The summed E-state index contributed by atoms with van der Waals surface area (Å²) in [5, 5.41) is 5.51. The zero-order chi connectivity index (χ0) is 19.2. The van der Waals surface area contributed by atoms with Gasteiger partial charge in [-0.15, -0.1) is 11.3 Å². The third-order valence-corrected chi connectivity index (χ3v) is 4.94. The highest BCUT2D eigenvalue weighted by Crippen LogP contribution is 2.26. The van der Waals surface area contributed by atoms with Crippen molar-refractivity contribution in [1.29, 1.82) is 0 Å². The number of amides is 2. The number of hydrogen-bond donors (Lipinski definition) is 1. The number of nitrogens with zero attached hydrogens (tertiary/aromatic N) is 2. The molecular formula is C21H21N3O2S. The molecule has 27 heavy (non-hydrogen) atoms. The molecule has 2 amide bonds. The zero-order valence-electron chi connectivity index (χ0n) is 15.3. The monoisotopic (exact) mass is 379 g/mol. The van der Waals surface area contributed by atoms with Gasteiger partial charge in [-0.05, 0) is 17.7 Å². The van der Waals surface area contributed by atoms with Crippen LogP contribution in [0.1, 0.15) is 18.2 Å². The number of benzene rings is 2. The maximum absolute atomic E-state index is 12.5. The van der Waals surface area contributed by atoms with Gasteiger partial charge in [0.15, 0.2) is 0 Å². The van der Waals surface area contributed by atoms with E-state index in [9.17, 15) is 9.59 Å². The van der Waals surface area contributed by atoms with Gasteiger partial charge in [0, 0.05) is 37.1 Å². The molecule has 6 heteroatoms. The number of carbonyl (C=O) groups is 2. The van der Waals surface area contributed by atoms with E-state index in [0.717, 1.165) is 27.5 Å². The fourth-order valence-corrected chi connectivity index (χ4v) is 3.51. The molecule has 1 aromatic heterocycles. The topological polar surface area (TPSA) is 62.3 Å². The second-order valence-electron chi connectivity index (χ2n) is 6.32. The number of rotatable bonds is 6. The minimum Gasteiger partial charge on any atom is -0.341 e. The summed E-state index contributed by atoms with van der Waals surface area (Å²) in [4.78, 5) is 30.0. The van der Waals surface area contributed by atoms with E-state index in [2.05, 4.69) is 10.3 Å². The van der Waals surface area contributed by atoms with Crippen LogP contribution >= 0.6 is 11.3 Å². The van der Waals surface area contributed by atoms with Gasteiger partial charge < -0.3 is 10.2 Å². The van der Waals surface area contributed by atoms with Crippen molar-refractivity contribution in [2.45, 2.75) is 19.9 Å². The molecular weight excluding hydrogens is 358 g/mol. The quantitative estimate of drug-likeness (QED) is 0.705. The molecule has 3 aromatic rings. The Kier molecular flexibility index (Phi) is 5.98. The largest absolute Gasteiger partial charge is 0.341 e. The predicted octanol–water partition coefficient (Wildman–Crippen LogP) is 3.97. The van der Waals surface area contributed by atoms with E-state index in [1.807, 2.05) is 60.0 Å². The van der Waals surface area contributed by atoms with Crippen LogP contribution in [0, 0.1) is 0 Å². The number of hydrogen-bond acceptors (Lipinski definition) is 4. The molecule has 2 aromatic carbocycles. The lowest BCUT2D eigenvalue weighted by atomic mass is 10.2. The molecule has 3 rings (SSSR count). The van der Waals surface area contributed by atoms with Crippen LogP contribution in [0.4, 0.5) is 5.69 Å². The molecule has 0 aliphatic carbocycles. The number of aromatic nitrogens is 1. The highest BCUT2D eigenvalue weighted by atomic mass is 32.1. The smallest absolute Gasteiger partial charge is 0.228 e. The molecule has 1 N–H and O–H groups in total. The molecule has 0 unspecified atom stereocenters. The Morgan fingerprint density at radius 2 is 1.89 bits per heavy atom. The van der Waals surface area contributed by atoms with Crippen LogP contribution in [0.5, 0.6) is 0 Å². The predicted molar refractivity (Wildman–Crippen MR) is 108 cm³/mol. The number of thiazole rings is 1. The zero-order valence-corrected chi connectivity index (χ0v) is 16.1. The van der Waals surface area contributed by atoms with Gasteiger partial charge in [0.2, 0.25) is 11.8 Å². The fourth-order valence-electron chi connectivity index (χ4n) is 2.69. The van der Waals surface area contributed by atoms with Gasteiger partial charge in [0.25, 0.3) is 0 Å². The van der Waals surface area contributed by atoms with Gasteiger partial charge in [-0.3, -0.25) is 9.59 Å². The lowest BCUT2D eigenvalue weighted by Crippen LogP contribution is -2.27. The SMILES string of the molecule is CC(=O)Nc1cccc(-c2nc(CC(=O)N(C)Cc3ccccc3)cs2)c1.